The van der Waals surface area contributed by atoms with E-state index in [9.17, 15) is 0 Å². The first-order valence-corrected chi connectivity index (χ1v) is 5.71. The van der Waals surface area contributed by atoms with Crippen molar-refractivity contribution < 1.29 is 0 Å². The number of nitrogens with one attached hydrogen (secondary N) is 1. The molecule has 0 amide bonds. The third-order valence-electron chi connectivity index (χ3n) is 2.87. The van der Waals surface area contributed by atoms with Gasteiger partial charge in [-0.25, -0.2) is 4.98 Å². The van der Waals surface area contributed by atoms with E-state index in [0.717, 1.165) is 5.82 Å². The Hall–Kier alpha value is -1.68. The van der Waals surface area contributed by atoms with Crippen molar-refractivity contribution in [2.24, 2.45) is 7.05 Å². The molecule has 0 saturated heterocycles. The Kier molecular flexibility index (Phi) is 3.24. The van der Waals surface area contributed by atoms with E-state index in [4.69, 9.17) is 0 Å². The molecule has 1 aromatic carbocycles. The van der Waals surface area contributed by atoms with Crippen LogP contribution in [0, 0.1) is 13.8 Å². The minimum atomic E-state index is 0.0844. The number of aromatic nitrogens is 3. The molecule has 90 valence electrons. The lowest BCUT2D eigenvalue weighted by molar-refractivity contribution is 0.591. The molecular weight excluding hydrogens is 212 g/mol. The summed E-state index contributed by atoms with van der Waals surface area (Å²) in [7, 11) is 3.85. The van der Waals surface area contributed by atoms with Gasteiger partial charge in [0.25, 0.3) is 0 Å². The second-order valence-corrected chi connectivity index (χ2v) is 4.38. The standard InChI is InChI=1S/C13H18N4/c1-9-5-10(2)7-11(6-9)12(14-3)13-15-8-16-17(13)4/h5-8,12,14H,1-4H3. The SMILES string of the molecule is CNC(c1cc(C)cc(C)c1)c1ncnn1C. The molecule has 0 spiro atoms. The highest BCUT2D eigenvalue weighted by atomic mass is 15.3. The van der Waals surface area contributed by atoms with Crippen LogP contribution in [0.25, 0.3) is 0 Å². The Balaban J connectivity index is 2.45. The first-order chi connectivity index (χ1) is 8.11. The third-order valence-corrected chi connectivity index (χ3v) is 2.87. The maximum absolute atomic E-state index is 4.31. The van der Waals surface area contributed by atoms with Gasteiger partial charge in [-0.2, -0.15) is 5.10 Å². The maximum atomic E-state index is 4.31. The van der Waals surface area contributed by atoms with Gasteiger partial charge in [-0.3, -0.25) is 4.68 Å². The van der Waals surface area contributed by atoms with Crippen molar-refractivity contribution in [1.82, 2.24) is 20.1 Å². The van der Waals surface area contributed by atoms with Crippen molar-refractivity contribution in [1.29, 1.82) is 0 Å². The molecule has 1 aromatic heterocycles. The Morgan fingerprint density at radius 1 is 1.18 bits per heavy atom. The molecule has 4 heteroatoms. The van der Waals surface area contributed by atoms with Gasteiger partial charge in [0.1, 0.15) is 12.2 Å². The van der Waals surface area contributed by atoms with Crippen LogP contribution < -0.4 is 5.32 Å². The molecule has 1 unspecified atom stereocenters. The van der Waals surface area contributed by atoms with Crippen molar-refractivity contribution in [2.75, 3.05) is 7.05 Å². The molecule has 2 rings (SSSR count). The van der Waals surface area contributed by atoms with Crippen LogP contribution in [-0.2, 0) is 7.05 Å². The predicted molar refractivity (Wildman–Crippen MR) is 67.8 cm³/mol. The summed E-state index contributed by atoms with van der Waals surface area (Å²) in [6.45, 7) is 4.22. The van der Waals surface area contributed by atoms with Crippen LogP contribution in [0.15, 0.2) is 24.5 Å². The normalized spacial score (nSPS) is 12.7. The number of hydrogen-bond donors (Lipinski definition) is 1. The minimum Gasteiger partial charge on any atom is -0.307 e. The number of hydrogen-bond acceptors (Lipinski definition) is 3. The summed E-state index contributed by atoms with van der Waals surface area (Å²) in [6, 6.07) is 6.62. The smallest absolute Gasteiger partial charge is 0.148 e. The number of aryl methyl sites for hydroxylation is 3. The topological polar surface area (TPSA) is 42.7 Å². The molecule has 0 aliphatic rings. The van der Waals surface area contributed by atoms with Gasteiger partial charge in [0.05, 0.1) is 6.04 Å². The van der Waals surface area contributed by atoms with E-state index in [1.165, 1.54) is 16.7 Å². The summed E-state index contributed by atoms with van der Waals surface area (Å²) in [4.78, 5) is 4.31. The molecule has 0 bridgehead atoms. The zero-order valence-electron chi connectivity index (χ0n) is 10.7. The fraction of sp³-hybridized carbons (Fsp3) is 0.385. The van der Waals surface area contributed by atoms with Gasteiger partial charge in [0.15, 0.2) is 0 Å². The molecule has 2 aromatic rings. The van der Waals surface area contributed by atoms with Crippen molar-refractivity contribution in [3.05, 3.63) is 47.0 Å². The highest BCUT2D eigenvalue weighted by Gasteiger charge is 2.17. The largest absolute Gasteiger partial charge is 0.307 e. The maximum Gasteiger partial charge on any atom is 0.148 e. The molecule has 1 atom stereocenters. The van der Waals surface area contributed by atoms with Crippen molar-refractivity contribution >= 4 is 0 Å². The number of nitrogens with zero attached hydrogens (tertiary/aromatic N) is 3. The summed E-state index contributed by atoms with van der Waals surface area (Å²) < 4.78 is 1.80. The van der Waals surface area contributed by atoms with Crippen molar-refractivity contribution in [2.45, 2.75) is 19.9 Å². The second kappa shape index (κ2) is 4.67. The predicted octanol–water partition coefficient (Wildman–Crippen LogP) is 1.74. The van der Waals surface area contributed by atoms with Crippen LogP contribution in [0.3, 0.4) is 0 Å². The number of benzene rings is 1. The van der Waals surface area contributed by atoms with Crippen LogP contribution in [-0.4, -0.2) is 21.8 Å². The summed E-state index contributed by atoms with van der Waals surface area (Å²) in [6.07, 6.45) is 1.59. The fourth-order valence-electron chi connectivity index (χ4n) is 2.19. The van der Waals surface area contributed by atoms with Gasteiger partial charge in [0.2, 0.25) is 0 Å². The van der Waals surface area contributed by atoms with Gasteiger partial charge in [-0.05, 0) is 26.5 Å². The monoisotopic (exact) mass is 230 g/mol. The molecule has 0 fully saturated rings. The van der Waals surface area contributed by atoms with Crippen molar-refractivity contribution in [3.8, 4) is 0 Å². The average molecular weight is 230 g/mol. The molecule has 4 nitrogen and oxygen atoms in total. The molecule has 1 heterocycles. The van der Waals surface area contributed by atoms with Gasteiger partial charge in [-0.15, -0.1) is 0 Å². The summed E-state index contributed by atoms with van der Waals surface area (Å²) in [5, 5.41) is 7.41. The fourth-order valence-corrected chi connectivity index (χ4v) is 2.19. The average Bonchev–Trinajstić information content (AvgIpc) is 2.65. The van der Waals surface area contributed by atoms with E-state index in [1.54, 1.807) is 11.0 Å². The third kappa shape index (κ3) is 2.36. The zero-order valence-corrected chi connectivity index (χ0v) is 10.7. The Bertz CT molecular complexity index is 496. The van der Waals surface area contributed by atoms with E-state index < -0.39 is 0 Å². The van der Waals surface area contributed by atoms with Gasteiger partial charge in [-0.1, -0.05) is 29.3 Å². The molecule has 0 saturated carbocycles. The lowest BCUT2D eigenvalue weighted by Crippen LogP contribution is -2.21. The van der Waals surface area contributed by atoms with E-state index in [-0.39, 0.29) is 6.04 Å². The molecule has 0 aliphatic carbocycles. The van der Waals surface area contributed by atoms with Crippen molar-refractivity contribution in [3.63, 3.8) is 0 Å². The molecule has 1 N–H and O–H groups in total. The summed E-state index contributed by atoms with van der Waals surface area (Å²) in [5.41, 5.74) is 3.76. The van der Waals surface area contributed by atoms with Gasteiger partial charge < -0.3 is 5.32 Å². The Morgan fingerprint density at radius 2 is 1.82 bits per heavy atom. The first-order valence-electron chi connectivity index (χ1n) is 5.71. The lowest BCUT2D eigenvalue weighted by atomic mass is 10.0. The molecule has 17 heavy (non-hydrogen) atoms. The zero-order chi connectivity index (χ0) is 12.4. The Labute approximate surface area is 102 Å². The highest BCUT2D eigenvalue weighted by Crippen LogP contribution is 2.21. The van der Waals surface area contributed by atoms with Crippen LogP contribution in [0.4, 0.5) is 0 Å². The quantitative estimate of drug-likeness (QED) is 0.873. The van der Waals surface area contributed by atoms with E-state index in [0.29, 0.717) is 0 Å². The molecule has 0 aliphatic heterocycles. The van der Waals surface area contributed by atoms with E-state index in [1.807, 2.05) is 14.1 Å². The van der Waals surface area contributed by atoms with Crippen LogP contribution in [0.2, 0.25) is 0 Å². The Morgan fingerprint density at radius 3 is 2.29 bits per heavy atom. The first kappa shape index (κ1) is 11.8. The van der Waals surface area contributed by atoms with Gasteiger partial charge in [0, 0.05) is 7.05 Å². The lowest BCUT2D eigenvalue weighted by Gasteiger charge is -2.17. The summed E-state index contributed by atoms with van der Waals surface area (Å²) >= 11 is 0. The molecular formula is C13H18N4. The highest BCUT2D eigenvalue weighted by molar-refractivity contribution is 5.33. The minimum absolute atomic E-state index is 0.0844. The van der Waals surface area contributed by atoms with Crippen LogP contribution in [0.1, 0.15) is 28.6 Å². The van der Waals surface area contributed by atoms with E-state index in [2.05, 4.69) is 47.4 Å². The second-order valence-electron chi connectivity index (χ2n) is 4.38. The van der Waals surface area contributed by atoms with Crippen LogP contribution >= 0.6 is 0 Å². The van der Waals surface area contributed by atoms with Gasteiger partial charge >= 0.3 is 0 Å². The number of rotatable bonds is 3. The summed E-state index contributed by atoms with van der Waals surface area (Å²) in [5.74, 6) is 0.928. The van der Waals surface area contributed by atoms with E-state index >= 15 is 0 Å². The van der Waals surface area contributed by atoms with Crippen LogP contribution in [0.5, 0.6) is 0 Å². The molecule has 0 radical (unpaired) electrons.